The Morgan fingerprint density at radius 3 is 2.30 bits per heavy atom. The maximum atomic E-state index is 13.1. The van der Waals surface area contributed by atoms with Gasteiger partial charge in [-0.15, -0.1) is 10.3 Å². The molecule has 0 amide bonds. The van der Waals surface area contributed by atoms with E-state index in [-0.39, 0.29) is 19.0 Å². The summed E-state index contributed by atoms with van der Waals surface area (Å²) < 4.78 is 78.8. The van der Waals surface area contributed by atoms with Crippen molar-refractivity contribution in [2.45, 2.75) is 30.4 Å². The highest BCUT2D eigenvalue weighted by Gasteiger charge is 2.54. The molecular weight excluding hydrogens is 421 g/mol. The Labute approximate surface area is 160 Å². The van der Waals surface area contributed by atoms with Crippen LogP contribution in [-0.2, 0) is 18.5 Å². The van der Waals surface area contributed by atoms with Gasteiger partial charge in [-0.1, -0.05) is 31.8 Å². The Kier molecular flexibility index (Phi) is 6.62. The Bertz CT molecular complexity index is 747. The van der Waals surface area contributed by atoms with Crippen molar-refractivity contribution in [3.8, 4) is 5.75 Å². The van der Waals surface area contributed by atoms with Crippen LogP contribution >= 0.6 is 10.3 Å². The van der Waals surface area contributed by atoms with Gasteiger partial charge in [0.15, 0.2) is 0 Å². The van der Waals surface area contributed by atoms with Crippen LogP contribution < -0.4 is 4.74 Å². The molecule has 156 valence electrons. The van der Waals surface area contributed by atoms with Crippen LogP contribution in [0.25, 0.3) is 0 Å². The van der Waals surface area contributed by atoms with Crippen molar-refractivity contribution in [1.29, 1.82) is 0 Å². The lowest BCUT2D eigenvalue weighted by molar-refractivity contribution is -0.0497. The first-order valence-electron chi connectivity index (χ1n) is 8.31. The third-order valence-corrected chi connectivity index (χ3v) is 14.1. The van der Waals surface area contributed by atoms with Crippen molar-refractivity contribution in [3.63, 3.8) is 0 Å². The highest BCUT2D eigenvalue weighted by atomic mass is 32.3. The van der Waals surface area contributed by atoms with Gasteiger partial charge in [-0.25, -0.2) is 3.63 Å². The Morgan fingerprint density at radius 2 is 1.81 bits per heavy atom. The third-order valence-electron chi connectivity index (χ3n) is 4.03. The van der Waals surface area contributed by atoms with Gasteiger partial charge in [0.05, 0.1) is 33.6 Å². The molecule has 5 nitrogen and oxygen atoms in total. The van der Waals surface area contributed by atoms with Gasteiger partial charge < -0.3 is 9.47 Å². The van der Waals surface area contributed by atoms with Gasteiger partial charge in [0, 0.05) is 5.75 Å². The molecule has 1 fully saturated rings. The van der Waals surface area contributed by atoms with Crippen LogP contribution in [0.1, 0.15) is 10.8 Å². The molecule has 1 aromatic rings. The molecule has 1 saturated heterocycles. The van der Waals surface area contributed by atoms with E-state index in [0.717, 1.165) is 0 Å². The van der Waals surface area contributed by atoms with Gasteiger partial charge in [0.1, 0.15) is 5.75 Å². The number of hydrogen-bond donors (Lipinski definition) is 0. The summed E-state index contributed by atoms with van der Waals surface area (Å²) in [6, 6.07) is 6.85. The van der Waals surface area contributed by atoms with E-state index in [9.17, 15) is 21.6 Å². The normalized spacial score (nSPS) is 27.0. The molecular formula is C16H25F3O5S2Si. The van der Waals surface area contributed by atoms with Crippen LogP contribution in [0, 0.1) is 0 Å². The minimum absolute atomic E-state index is 0.125. The molecule has 27 heavy (non-hydrogen) atoms. The lowest BCUT2D eigenvalue weighted by atomic mass is 10.1. The zero-order chi connectivity index (χ0) is 20.5. The SMILES string of the molecule is COc1ccc(C2COCCS2(C[Si](C)(C)C)OS(=O)(=O)C(F)(F)F)cc1. The van der Waals surface area contributed by atoms with Crippen LogP contribution in [0.4, 0.5) is 13.2 Å². The Balaban J connectivity index is 2.52. The first-order valence-corrected chi connectivity index (χ1v) is 15.4. The highest BCUT2D eigenvalue weighted by molar-refractivity contribution is 8.34. The van der Waals surface area contributed by atoms with E-state index < -0.39 is 39.3 Å². The van der Waals surface area contributed by atoms with Gasteiger partial charge in [-0.3, -0.25) is 0 Å². The summed E-state index contributed by atoms with van der Waals surface area (Å²) in [5.41, 5.74) is -4.75. The summed E-state index contributed by atoms with van der Waals surface area (Å²) in [5.74, 6) is 0.758. The van der Waals surface area contributed by atoms with E-state index in [4.69, 9.17) is 13.1 Å². The second kappa shape index (κ2) is 7.94. The molecule has 0 bridgehead atoms. The van der Waals surface area contributed by atoms with Gasteiger partial charge in [0.2, 0.25) is 0 Å². The van der Waals surface area contributed by atoms with Crippen molar-refractivity contribution in [2.75, 3.05) is 31.5 Å². The Hall–Kier alpha value is -0.753. The first kappa shape index (κ1) is 22.5. The fraction of sp³-hybridized carbons (Fsp3) is 0.625. The summed E-state index contributed by atoms with van der Waals surface area (Å²) in [4.78, 5) is 0. The largest absolute Gasteiger partial charge is 0.523 e. The van der Waals surface area contributed by atoms with Crippen molar-refractivity contribution < 1.29 is 34.7 Å². The molecule has 0 spiro atoms. The van der Waals surface area contributed by atoms with Gasteiger partial charge in [-0.2, -0.15) is 21.6 Å². The summed E-state index contributed by atoms with van der Waals surface area (Å²) in [6.07, 6.45) is 0. The average molecular weight is 447 g/mol. The van der Waals surface area contributed by atoms with Crippen LogP contribution in [0.15, 0.2) is 24.3 Å². The lowest BCUT2D eigenvalue weighted by Crippen LogP contribution is -2.42. The van der Waals surface area contributed by atoms with Crippen LogP contribution in [0.5, 0.6) is 5.75 Å². The van der Waals surface area contributed by atoms with Crippen LogP contribution in [-0.4, -0.2) is 53.5 Å². The fourth-order valence-corrected chi connectivity index (χ4v) is 15.0. The monoisotopic (exact) mass is 446 g/mol. The van der Waals surface area contributed by atoms with E-state index in [1.54, 1.807) is 24.3 Å². The van der Waals surface area contributed by atoms with Crippen LogP contribution in [0.2, 0.25) is 19.6 Å². The molecule has 1 heterocycles. The molecule has 2 unspecified atom stereocenters. The molecule has 1 aromatic carbocycles. The van der Waals surface area contributed by atoms with E-state index in [1.165, 1.54) is 7.11 Å². The molecule has 11 heteroatoms. The number of ether oxygens (including phenoxy) is 2. The lowest BCUT2D eigenvalue weighted by Gasteiger charge is -2.50. The predicted octanol–water partition coefficient (Wildman–Crippen LogP) is 4.23. The first-order chi connectivity index (χ1) is 12.3. The van der Waals surface area contributed by atoms with E-state index in [2.05, 4.69) is 0 Å². The van der Waals surface area contributed by atoms with Crippen molar-refractivity contribution in [1.82, 2.24) is 0 Å². The van der Waals surface area contributed by atoms with Gasteiger partial charge in [-0.05, 0) is 23.1 Å². The highest BCUT2D eigenvalue weighted by Crippen LogP contribution is 2.65. The van der Waals surface area contributed by atoms with Crippen molar-refractivity contribution >= 4 is 28.5 Å². The smallest absolute Gasteiger partial charge is 0.497 e. The predicted molar refractivity (Wildman–Crippen MR) is 103 cm³/mol. The van der Waals surface area contributed by atoms with Crippen LogP contribution in [0.3, 0.4) is 0 Å². The molecule has 1 aliphatic heterocycles. The molecule has 0 aliphatic carbocycles. The zero-order valence-corrected chi connectivity index (χ0v) is 18.3. The number of alkyl halides is 3. The zero-order valence-electron chi connectivity index (χ0n) is 15.7. The Morgan fingerprint density at radius 1 is 1.22 bits per heavy atom. The number of hydrogen-bond acceptors (Lipinski definition) is 5. The summed E-state index contributed by atoms with van der Waals surface area (Å²) >= 11 is 0. The second-order valence-electron chi connectivity index (χ2n) is 7.58. The van der Waals surface area contributed by atoms with Crippen molar-refractivity contribution in [3.05, 3.63) is 29.8 Å². The van der Waals surface area contributed by atoms with Gasteiger partial charge in [0.25, 0.3) is 0 Å². The number of halogens is 3. The molecule has 0 aromatic heterocycles. The van der Waals surface area contributed by atoms with Gasteiger partial charge >= 0.3 is 15.6 Å². The minimum Gasteiger partial charge on any atom is -0.497 e. The summed E-state index contributed by atoms with van der Waals surface area (Å²) in [7, 11) is -8.78. The molecule has 0 saturated carbocycles. The summed E-state index contributed by atoms with van der Waals surface area (Å²) in [6.45, 7) is 6.28. The summed E-state index contributed by atoms with van der Waals surface area (Å²) in [5, 5.41) is -0.212. The number of methoxy groups -OCH3 is 1. The van der Waals surface area contributed by atoms with Crippen molar-refractivity contribution in [2.24, 2.45) is 0 Å². The number of rotatable bonds is 6. The molecule has 0 N–H and O–H groups in total. The van der Waals surface area contributed by atoms with E-state index in [1.807, 2.05) is 19.6 Å². The minimum atomic E-state index is -5.70. The topological polar surface area (TPSA) is 61.8 Å². The maximum Gasteiger partial charge on any atom is 0.523 e. The second-order valence-corrected chi connectivity index (χ2v) is 18.5. The molecule has 2 atom stereocenters. The molecule has 1 aliphatic rings. The fourth-order valence-electron chi connectivity index (χ4n) is 3.05. The maximum absolute atomic E-state index is 13.1. The standard InChI is InChI=1S/C16H25F3O5S2Si/c1-22-14-7-5-13(6-8-14)15-11-23-9-10-25(15,12-27(2,3)4)24-26(20,21)16(17,18)19/h5-8,15H,9-12H2,1-4H3. The average Bonchev–Trinajstić information content (AvgIpc) is 2.52. The quantitative estimate of drug-likeness (QED) is 0.483. The van der Waals surface area contributed by atoms with E-state index in [0.29, 0.717) is 16.7 Å². The molecule has 0 radical (unpaired) electrons. The molecule has 2 rings (SSSR count). The third kappa shape index (κ3) is 5.40. The number of benzene rings is 1. The van der Waals surface area contributed by atoms with E-state index >= 15 is 0 Å².